The van der Waals surface area contributed by atoms with Gasteiger partial charge in [0.15, 0.2) is 0 Å². The Labute approximate surface area is 92.4 Å². The number of pyridine rings is 1. The number of nitrogens with zero attached hydrogens (tertiary/aromatic N) is 1. The maximum absolute atomic E-state index is 12.9. The Morgan fingerprint density at radius 1 is 1.31 bits per heavy atom. The number of aromatic nitrogens is 1. The summed E-state index contributed by atoms with van der Waals surface area (Å²) < 4.78 is 12.9. The zero-order chi connectivity index (χ0) is 11.5. The summed E-state index contributed by atoms with van der Waals surface area (Å²) in [6.07, 6.45) is 3.79. The Hall–Kier alpha value is -2.03. The van der Waals surface area contributed by atoms with Crippen LogP contribution in [0.2, 0.25) is 0 Å². The van der Waals surface area contributed by atoms with Gasteiger partial charge in [-0.05, 0) is 42.2 Å². The van der Waals surface area contributed by atoms with Crippen LogP contribution in [0.5, 0.6) is 0 Å². The van der Waals surface area contributed by atoms with Crippen LogP contribution in [0.3, 0.4) is 0 Å². The van der Waals surface area contributed by atoms with E-state index in [2.05, 4.69) is 4.98 Å². The van der Waals surface area contributed by atoms with E-state index in [1.165, 1.54) is 18.2 Å². The highest BCUT2D eigenvalue weighted by molar-refractivity contribution is 5.86. The zero-order valence-corrected chi connectivity index (χ0v) is 8.77. The van der Waals surface area contributed by atoms with Crippen molar-refractivity contribution in [2.75, 3.05) is 0 Å². The summed E-state index contributed by atoms with van der Waals surface area (Å²) in [4.78, 5) is 14.5. The van der Waals surface area contributed by atoms with Gasteiger partial charge < -0.3 is 0 Å². The van der Waals surface area contributed by atoms with Gasteiger partial charge in [-0.25, -0.2) is 4.39 Å². The lowest BCUT2D eigenvalue weighted by Crippen LogP contribution is -1.87. The van der Waals surface area contributed by atoms with Crippen LogP contribution in [0, 0.1) is 5.82 Å². The van der Waals surface area contributed by atoms with E-state index in [4.69, 9.17) is 0 Å². The number of hydrogen-bond acceptors (Lipinski definition) is 2. The van der Waals surface area contributed by atoms with Crippen molar-refractivity contribution in [2.45, 2.75) is 6.92 Å². The molecule has 1 aromatic carbocycles. The van der Waals surface area contributed by atoms with Crippen LogP contribution < -0.4 is 0 Å². The molecule has 0 saturated carbocycles. The minimum absolute atomic E-state index is 0.276. The Morgan fingerprint density at radius 2 is 2.12 bits per heavy atom. The minimum atomic E-state index is -0.276. The topological polar surface area (TPSA) is 30.0 Å². The van der Waals surface area contributed by atoms with E-state index in [1.807, 2.05) is 13.0 Å². The molecule has 0 aliphatic carbocycles. The average Bonchev–Trinajstić information content (AvgIpc) is 2.28. The molecule has 0 aliphatic rings. The molecule has 1 aromatic heterocycles. The molecule has 2 nitrogen and oxygen atoms in total. The second kappa shape index (κ2) is 4.23. The first kappa shape index (κ1) is 10.5. The van der Waals surface area contributed by atoms with E-state index < -0.39 is 0 Å². The number of fused-ring (bicyclic) bond motifs is 1. The van der Waals surface area contributed by atoms with Crippen LogP contribution in [0.4, 0.5) is 4.39 Å². The Bertz CT molecular complexity index is 575. The lowest BCUT2D eigenvalue weighted by Gasteiger charge is -2.02. The predicted octanol–water partition coefficient (Wildman–Crippen LogP) is 2.98. The third-order valence-corrected chi connectivity index (χ3v) is 2.41. The van der Waals surface area contributed by atoms with Gasteiger partial charge in [0.05, 0.1) is 5.69 Å². The fraction of sp³-hybridized carbons (Fsp3) is 0.0769. The fourth-order valence-corrected chi connectivity index (χ4v) is 1.52. The molecule has 0 spiro atoms. The number of carbonyl (C=O) groups excluding carboxylic acids is 1. The number of rotatable bonds is 2. The van der Waals surface area contributed by atoms with E-state index in [-0.39, 0.29) is 5.82 Å². The van der Waals surface area contributed by atoms with Gasteiger partial charge in [-0.1, -0.05) is 6.07 Å². The van der Waals surface area contributed by atoms with E-state index >= 15 is 0 Å². The van der Waals surface area contributed by atoms with Crippen LogP contribution in [-0.4, -0.2) is 11.3 Å². The van der Waals surface area contributed by atoms with Crippen LogP contribution >= 0.6 is 0 Å². The molecule has 0 unspecified atom stereocenters. The largest absolute Gasteiger partial charge is 0.299 e. The second-order valence-electron chi connectivity index (χ2n) is 3.55. The summed E-state index contributed by atoms with van der Waals surface area (Å²) in [6, 6.07) is 6.38. The smallest absolute Gasteiger partial charge is 0.143 e. The highest BCUT2D eigenvalue weighted by atomic mass is 19.1. The van der Waals surface area contributed by atoms with Crippen LogP contribution in [0.25, 0.3) is 16.3 Å². The first-order valence-corrected chi connectivity index (χ1v) is 4.88. The van der Waals surface area contributed by atoms with Crippen molar-refractivity contribution in [1.82, 2.24) is 4.98 Å². The zero-order valence-electron chi connectivity index (χ0n) is 8.77. The molecule has 1 heterocycles. The summed E-state index contributed by atoms with van der Waals surface area (Å²) in [6.45, 7) is 1.81. The molecule has 2 aromatic rings. The number of hydrogen-bond donors (Lipinski definition) is 0. The maximum Gasteiger partial charge on any atom is 0.143 e. The lowest BCUT2D eigenvalue weighted by molar-refractivity contribution is -0.104. The molecule has 16 heavy (non-hydrogen) atoms. The SMILES string of the molecule is C/C(=C\C=O)c1cc2ccc(F)cc2cn1. The van der Waals surface area contributed by atoms with Crippen molar-refractivity contribution in [1.29, 1.82) is 0 Å². The number of carbonyl (C=O) groups is 1. The minimum Gasteiger partial charge on any atom is -0.299 e. The van der Waals surface area contributed by atoms with Crippen molar-refractivity contribution < 1.29 is 9.18 Å². The summed E-state index contributed by atoms with van der Waals surface area (Å²) in [5.41, 5.74) is 1.52. The standard InChI is InChI=1S/C13H10FNO/c1-9(4-5-16)13-7-10-2-3-12(14)6-11(10)8-15-13/h2-8H,1H3/b9-4+. The van der Waals surface area contributed by atoms with Crippen LogP contribution in [-0.2, 0) is 4.79 Å². The average molecular weight is 215 g/mol. The molecule has 0 amide bonds. The molecule has 0 atom stereocenters. The molecule has 0 radical (unpaired) electrons. The Kier molecular flexibility index (Phi) is 2.77. The molecule has 2 rings (SSSR count). The van der Waals surface area contributed by atoms with Gasteiger partial charge in [-0.15, -0.1) is 0 Å². The summed E-state index contributed by atoms with van der Waals surface area (Å²) in [5.74, 6) is -0.276. The van der Waals surface area contributed by atoms with E-state index in [1.54, 1.807) is 12.3 Å². The number of benzene rings is 1. The van der Waals surface area contributed by atoms with Crippen molar-refractivity contribution in [3.05, 3.63) is 48.0 Å². The quantitative estimate of drug-likeness (QED) is 0.569. The third-order valence-electron chi connectivity index (χ3n) is 2.41. The molecule has 3 heteroatoms. The van der Waals surface area contributed by atoms with Crippen molar-refractivity contribution >= 4 is 22.6 Å². The predicted molar refractivity (Wildman–Crippen MR) is 61.4 cm³/mol. The summed E-state index contributed by atoms with van der Waals surface area (Å²) in [7, 11) is 0. The first-order valence-electron chi connectivity index (χ1n) is 4.88. The molecular formula is C13H10FNO. The fourth-order valence-electron chi connectivity index (χ4n) is 1.52. The maximum atomic E-state index is 12.9. The van der Waals surface area contributed by atoms with Gasteiger partial charge in [0.25, 0.3) is 0 Å². The van der Waals surface area contributed by atoms with E-state index in [9.17, 15) is 9.18 Å². The van der Waals surface area contributed by atoms with Crippen LogP contribution in [0.1, 0.15) is 12.6 Å². The number of allylic oxidation sites excluding steroid dienone is 2. The van der Waals surface area contributed by atoms with Crippen molar-refractivity contribution in [3.63, 3.8) is 0 Å². The Morgan fingerprint density at radius 3 is 2.88 bits per heavy atom. The second-order valence-corrected chi connectivity index (χ2v) is 3.55. The first-order chi connectivity index (χ1) is 7.70. The van der Waals surface area contributed by atoms with Gasteiger partial charge >= 0.3 is 0 Å². The highest BCUT2D eigenvalue weighted by Crippen LogP contribution is 2.19. The van der Waals surface area contributed by atoms with Gasteiger partial charge in [-0.2, -0.15) is 0 Å². The van der Waals surface area contributed by atoms with Crippen molar-refractivity contribution in [2.24, 2.45) is 0 Å². The summed E-state index contributed by atoms with van der Waals surface area (Å²) in [5, 5.41) is 1.66. The molecule has 0 bridgehead atoms. The van der Waals surface area contributed by atoms with Gasteiger partial charge in [0.1, 0.15) is 12.1 Å². The van der Waals surface area contributed by atoms with Crippen molar-refractivity contribution in [3.8, 4) is 0 Å². The Balaban J connectivity index is 2.56. The summed E-state index contributed by atoms with van der Waals surface area (Å²) >= 11 is 0. The van der Waals surface area contributed by atoms with E-state index in [0.29, 0.717) is 0 Å². The van der Waals surface area contributed by atoms with Gasteiger partial charge in [-0.3, -0.25) is 9.78 Å². The number of aldehydes is 1. The number of halogens is 1. The highest BCUT2D eigenvalue weighted by Gasteiger charge is 2.01. The molecule has 0 aliphatic heterocycles. The molecule has 0 N–H and O–H groups in total. The van der Waals surface area contributed by atoms with Gasteiger partial charge in [0, 0.05) is 11.6 Å². The molecule has 80 valence electrons. The molecule has 0 saturated heterocycles. The lowest BCUT2D eigenvalue weighted by atomic mass is 10.1. The van der Waals surface area contributed by atoms with E-state index in [0.717, 1.165) is 28.3 Å². The molecule has 0 fully saturated rings. The monoisotopic (exact) mass is 215 g/mol. The van der Waals surface area contributed by atoms with Gasteiger partial charge in [0.2, 0.25) is 0 Å². The third kappa shape index (κ3) is 1.98. The normalized spacial score (nSPS) is 11.8. The molecular weight excluding hydrogens is 205 g/mol. The van der Waals surface area contributed by atoms with Crippen LogP contribution in [0.15, 0.2) is 36.5 Å².